The fourth-order valence-corrected chi connectivity index (χ4v) is 2.41. The molecule has 0 amide bonds. The lowest BCUT2D eigenvalue weighted by Crippen LogP contribution is -2.48. The van der Waals surface area contributed by atoms with Gasteiger partial charge >= 0.3 is 0 Å². The lowest BCUT2D eigenvalue weighted by atomic mass is 10.00. The Bertz CT molecular complexity index is 286. The van der Waals surface area contributed by atoms with Crippen LogP contribution in [0.5, 0.6) is 0 Å². The van der Waals surface area contributed by atoms with Gasteiger partial charge in [-0.2, -0.15) is 0 Å². The second kappa shape index (κ2) is 6.57. The molecule has 0 radical (unpaired) electrons. The predicted octanol–water partition coefficient (Wildman–Crippen LogP) is 1.21. The molecule has 0 aromatic rings. The van der Waals surface area contributed by atoms with Crippen LogP contribution in [0.3, 0.4) is 0 Å². The Labute approximate surface area is 99.7 Å². The van der Waals surface area contributed by atoms with Crippen LogP contribution in [0, 0.1) is 0 Å². The van der Waals surface area contributed by atoms with Crippen molar-refractivity contribution in [1.82, 2.24) is 5.32 Å². The summed E-state index contributed by atoms with van der Waals surface area (Å²) in [6.07, 6.45) is 2.86. The van der Waals surface area contributed by atoms with Gasteiger partial charge in [0, 0.05) is 24.9 Å². The summed E-state index contributed by atoms with van der Waals surface area (Å²) in [6.45, 7) is 6.79. The largest absolute Gasteiger partial charge is 0.383 e. The van der Waals surface area contributed by atoms with Gasteiger partial charge < -0.3 is 10.1 Å². The number of nitrogens with one attached hydrogen (secondary N) is 1. The van der Waals surface area contributed by atoms with Gasteiger partial charge in [0.2, 0.25) is 0 Å². The summed E-state index contributed by atoms with van der Waals surface area (Å²) in [5.74, 6) is 0.219. The normalized spacial score (nSPS) is 15.1. The van der Waals surface area contributed by atoms with Gasteiger partial charge in [-0.15, -0.1) is 0 Å². The highest BCUT2D eigenvalue weighted by molar-refractivity contribution is 7.90. The molecule has 98 valence electrons. The highest BCUT2D eigenvalue weighted by Crippen LogP contribution is 2.12. The number of sulfone groups is 1. The molecule has 0 spiro atoms. The van der Waals surface area contributed by atoms with Gasteiger partial charge in [0.25, 0.3) is 0 Å². The molecule has 0 aliphatic carbocycles. The lowest BCUT2D eigenvalue weighted by Gasteiger charge is -2.31. The van der Waals surface area contributed by atoms with E-state index in [0.717, 1.165) is 6.42 Å². The van der Waals surface area contributed by atoms with Crippen molar-refractivity contribution < 1.29 is 13.2 Å². The van der Waals surface area contributed by atoms with Gasteiger partial charge in [0.05, 0.1) is 12.4 Å². The van der Waals surface area contributed by atoms with Crippen LogP contribution in [0.1, 0.15) is 33.6 Å². The minimum Gasteiger partial charge on any atom is -0.383 e. The minimum atomic E-state index is -2.88. The summed E-state index contributed by atoms with van der Waals surface area (Å²) in [5, 5.41) is 3.43. The van der Waals surface area contributed by atoms with Crippen LogP contribution in [0.15, 0.2) is 0 Å². The monoisotopic (exact) mass is 251 g/mol. The second-order valence-electron chi connectivity index (χ2n) is 4.97. The van der Waals surface area contributed by atoms with Crippen LogP contribution in [-0.2, 0) is 14.6 Å². The Morgan fingerprint density at radius 2 is 1.94 bits per heavy atom. The van der Waals surface area contributed by atoms with Gasteiger partial charge in [-0.3, -0.25) is 0 Å². The molecule has 1 atom stereocenters. The van der Waals surface area contributed by atoms with Crippen LogP contribution in [0.2, 0.25) is 0 Å². The van der Waals surface area contributed by atoms with E-state index in [0.29, 0.717) is 13.0 Å². The maximum atomic E-state index is 11.1. The Morgan fingerprint density at radius 3 is 2.31 bits per heavy atom. The third kappa shape index (κ3) is 8.07. The van der Waals surface area contributed by atoms with E-state index in [-0.39, 0.29) is 17.3 Å². The van der Waals surface area contributed by atoms with E-state index in [1.165, 1.54) is 6.26 Å². The lowest BCUT2D eigenvalue weighted by molar-refractivity contribution is 0.147. The quantitative estimate of drug-likeness (QED) is 0.704. The summed E-state index contributed by atoms with van der Waals surface area (Å²) in [4.78, 5) is 0. The molecular formula is C11H25NO3S. The molecule has 0 bridgehead atoms. The molecule has 1 unspecified atom stereocenters. The molecule has 0 aliphatic heterocycles. The molecule has 1 N–H and O–H groups in total. The first-order chi connectivity index (χ1) is 7.20. The Balaban J connectivity index is 4.21. The third-order valence-electron chi connectivity index (χ3n) is 2.55. The molecular weight excluding hydrogens is 226 g/mol. The molecule has 0 fully saturated rings. The zero-order valence-electron chi connectivity index (χ0n) is 11.0. The van der Waals surface area contributed by atoms with Crippen LogP contribution < -0.4 is 5.32 Å². The van der Waals surface area contributed by atoms with Crippen molar-refractivity contribution in [1.29, 1.82) is 0 Å². The molecule has 5 heteroatoms. The zero-order chi connectivity index (χ0) is 12.8. The zero-order valence-corrected chi connectivity index (χ0v) is 11.9. The second-order valence-corrected chi connectivity index (χ2v) is 7.23. The fraction of sp³-hybridized carbons (Fsp3) is 1.00. The average Bonchev–Trinajstić information content (AvgIpc) is 2.13. The van der Waals surface area contributed by atoms with Gasteiger partial charge in [-0.05, 0) is 26.7 Å². The summed E-state index contributed by atoms with van der Waals surface area (Å²) < 4.78 is 27.3. The predicted molar refractivity (Wildman–Crippen MR) is 67.5 cm³/mol. The molecule has 0 aromatic heterocycles. The van der Waals surface area contributed by atoms with Gasteiger partial charge in [0.15, 0.2) is 0 Å². The van der Waals surface area contributed by atoms with Crippen molar-refractivity contribution in [2.75, 3.05) is 25.7 Å². The summed E-state index contributed by atoms with van der Waals surface area (Å²) in [5.41, 5.74) is -0.178. The first kappa shape index (κ1) is 15.9. The van der Waals surface area contributed by atoms with Crippen molar-refractivity contribution in [3.63, 3.8) is 0 Å². The number of hydrogen-bond donors (Lipinski definition) is 1. The SMILES string of the molecule is CCC(COC)NC(C)(C)CCS(C)(=O)=O. The van der Waals surface area contributed by atoms with Crippen LogP contribution in [0.25, 0.3) is 0 Å². The van der Waals surface area contributed by atoms with Crippen LogP contribution >= 0.6 is 0 Å². The van der Waals surface area contributed by atoms with Gasteiger partial charge in [0.1, 0.15) is 9.84 Å². The van der Waals surface area contributed by atoms with Gasteiger partial charge in [-0.1, -0.05) is 6.92 Å². The number of rotatable bonds is 8. The van der Waals surface area contributed by atoms with Crippen molar-refractivity contribution in [3.8, 4) is 0 Å². The summed E-state index contributed by atoms with van der Waals surface area (Å²) >= 11 is 0. The van der Waals surface area contributed by atoms with Crippen molar-refractivity contribution in [2.45, 2.75) is 45.2 Å². The number of methoxy groups -OCH3 is 1. The number of ether oxygens (including phenoxy) is 1. The van der Waals surface area contributed by atoms with Crippen molar-refractivity contribution in [2.24, 2.45) is 0 Å². The highest BCUT2D eigenvalue weighted by atomic mass is 32.2. The maximum absolute atomic E-state index is 11.1. The molecule has 4 nitrogen and oxygen atoms in total. The van der Waals surface area contributed by atoms with E-state index in [1.54, 1.807) is 7.11 Å². The molecule has 0 rings (SSSR count). The van der Waals surface area contributed by atoms with Crippen molar-refractivity contribution >= 4 is 9.84 Å². The molecule has 0 saturated heterocycles. The first-order valence-electron chi connectivity index (χ1n) is 5.64. The smallest absolute Gasteiger partial charge is 0.147 e. The fourth-order valence-electron chi connectivity index (χ4n) is 1.53. The molecule has 16 heavy (non-hydrogen) atoms. The molecule has 0 aromatic carbocycles. The summed E-state index contributed by atoms with van der Waals surface area (Å²) in [6, 6.07) is 0.277. The third-order valence-corrected chi connectivity index (χ3v) is 3.50. The van der Waals surface area contributed by atoms with E-state index >= 15 is 0 Å². The Hall–Kier alpha value is -0.130. The minimum absolute atomic E-state index is 0.178. The molecule has 0 heterocycles. The van der Waals surface area contributed by atoms with E-state index < -0.39 is 9.84 Å². The maximum Gasteiger partial charge on any atom is 0.147 e. The topological polar surface area (TPSA) is 55.4 Å². The summed E-state index contributed by atoms with van der Waals surface area (Å²) in [7, 11) is -1.21. The standard InChI is InChI=1S/C11H25NO3S/c1-6-10(9-15-4)12-11(2,3)7-8-16(5,13)14/h10,12H,6-9H2,1-5H3. The highest BCUT2D eigenvalue weighted by Gasteiger charge is 2.22. The molecule has 0 aliphatic rings. The van der Waals surface area contributed by atoms with E-state index in [1.807, 2.05) is 13.8 Å². The van der Waals surface area contributed by atoms with E-state index in [4.69, 9.17) is 4.74 Å². The average molecular weight is 251 g/mol. The molecule has 0 saturated carbocycles. The van der Waals surface area contributed by atoms with Crippen LogP contribution in [0.4, 0.5) is 0 Å². The Morgan fingerprint density at radius 1 is 1.38 bits per heavy atom. The Kier molecular flexibility index (Phi) is 6.51. The van der Waals surface area contributed by atoms with Crippen LogP contribution in [-0.4, -0.2) is 45.7 Å². The van der Waals surface area contributed by atoms with Crippen molar-refractivity contribution in [3.05, 3.63) is 0 Å². The first-order valence-corrected chi connectivity index (χ1v) is 7.70. The van der Waals surface area contributed by atoms with E-state index in [9.17, 15) is 8.42 Å². The number of hydrogen-bond acceptors (Lipinski definition) is 4. The van der Waals surface area contributed by atoms with E-state index in [2.05, 4.69) is 12.2 Å². The van der Waals surface area contributed by atoms with Gasteiger partial charge in [-0.25, -0.2) is 8.42 Å².